The van der Waals surface area contributed by atoms with Crippen LogP contribution >= 0.6 is 0 Å². The smallest absolute Gasteiger partial charge is 0.0693 e. The summed E-state index contributed by atoms with van der Waals surface area (Å²) >= 11 is 0. The van der Waals surface area contributed by atoms with E-state index in [1.165, 1.54) is 38.5 Å². The lowest BCUT2D eigenvalue weighted by Crippen LogP contribution is -2.47. The first-order valence-corrected chi connectivity index (χ1v) is 6.21. The van der Waals surface area contributed by atoms with Gasteiger partial charge in [-0.2, -0.15) is 0 Å². The van der Waals surface area contributed by atoms with Crippen LogP contribution in [0.4, 0.5) is 0 Å². The van der Waals surface area contributed by atoms with E-state index >= 15 is 0 Å². The molecular weight excluding hydrogens is 174 g/mol. The van der Waals surface area contributed by atoms with Gasteiger partial charge >= 0.3 is 0 Å². The number of aliphatic hydroxyl groups excluding tert-OH is 1. The van der Waals surface area contributed by atoms with Gasteiger partial charge < -0.3 is 10.4 Å². The first kappa shape index (κ1) is 10.4. The first-order chi connectivity index (χ1) is 6.77. The van der Waals surface area contributed by atoms with Gasteiger partial charge in [-0.15, -0.1) is 0 Å². The third-order valence-corrected chi connectivity index (χ3v) is 4.02. The Hall–Kier alpha value is -0.0800. The zero-order chi connectivity index (χ0) is 9.97. The maximum atomic E-state index is 9.85. The Morgan fingerprint density at radius 2 is 1.64 bits per heavy atom. The van der Waals surface area contributed by atoms with Crippen molar-refractivity contribution in [3.63, 3.8) is 0 Å². The number of aliphatic hydroxyl groups is 1. The van der Waals surface area contributed by atoms with Crippen molar-refractivity contribution < 1.29 is 5.11 Å². The summed E-state index contributed by atoms with van der Waals surface area (Å²) in [5, 5.41) is 13.5. The molecule has 2 rings (SSSR count). The third kappa shape index (κ3) is 2.29. The van der Waals surface area contributed by atoms with E-state index in [4.69, 9.17) is 0 Å². The van der Waals surface area contributed by atoms with Gasteiger partial charge in [-0.25, -0.2) is 0 Å². The summed E-state index contributed by atoms with van der Waals surface area (Å²) in [6.07, 6.45) is 8.61. The zero-order valence-electron chi connectivity index (χ0n) is 9.21. The number of hydrogen-bond acceptors (Lipinski definition) is 2. The maximum absolute atomic E-state index is 9.85. The molecule has 0 heterocycles. The van der Waals surface area contributed by atoms with E-state index in [1.54, 1.807) is 0 Å². The molecule has 14 heavy (non-hydrogen) atoms. The SMILES string of the molecule is C[C@@H]1CCC[C@H]1N[C@@H]1CCCC[C@@H]1O. The summed E-state index contributed by atoms with van der Waals surface area (Å²) < 4.78 is 0. The van der Waals surface area contributed by atoms with Crippen LogP contribution in [0, 0.1) is 5.92 Å². The Balaban J connectivity index is 1.83. The maximum Gasteiger partial charge on any atom is 0.0693 e. The molecule has 0 radical (unpaired) electrons. The molecule has 0 aromatic rings. The molecule has 0 aromatic heterocycles. The van der Waals surface area contributed by atoms with E-state index in [0.29, 0.717) is 12.1 Å². The zero-order valence-corrected chi connectivity index (χ0v) is 9.21. The van der Waals surface area contributed by atoms with Gasteiger partial charge in [0.25, 0.3) is 0 Å². The molecule has 2 N–H and O–H groups in total. The average molecular weight is 197 g/mol. The summed E-state index contributed by atoms with van der Waals surface area (Å²) in [5.41, 5.74) is 0. The molecule has 0 bridgehead atoms. The van der Waals surface area contributed by atoms with Gasteiger partial charge in [-0.05, 0) is 31.6 Å². The molecule has 0 amide bonds. The van der Waals surface area contributed by atoms with E-state index in [-0.39, 0.29) is 6.10 Å². The minimum absolute atomic E-state index is 0.0865. The molecular formula is C12H23NO. The van der Waals surface area contributed by atoms with Crippen LogP contribution in [0.25, 0.3) is 0 Å². The predicted molar refractivity (Wildman–Crippen MR) is 58.2 cm³/mol. The Kier molecular flexibility index (Phi) is 3.45. The fraction of sp³-hybridized carbons (Fsp3) is 1.00. The molecule has 0 saturated heterocycles. The van der Waals surface area contributed by atoms with Gasteiger partial charge in [0.1, 0.15) is 0 Å². The van der Waals surface area contributed by atoms with Crippen LogP contribution in [0.2, 0.25) is 0 Å². The Labute approximate surface area is 87.1 Å². The summed E-state index contributed by atoms with van der Waals surface area (Å²) in [6, 6.07) is 1.06. The van der Waals surface area contributed by atoms with Crippen LogP contribution in [0.5, 0.6) is 0 Å². The van der Waals surface area contributed by atoms with Gasteiger partial charge in [-0.1, -0.05) is 26.2 Å². The van der Waals surface area contributed by atoms with Gasteiger partial charge in [-0.3, -0.25) is 0 Å². The molecule has 2 nitrogen and oxygen atoms in total. The van der Waals surface area contributed by atoms with Crippen LogP contribution in [-0.4, -0.2) is 23.3 Å². The molecule has 82 valence electrons. The molecule has 2 heteroatoms. The Morgan fingerprint density at radius 3 is 2.29 bits per heavy atom. The molecule has 2 saturated carbocycles. The van der Waals surface area contributed by atoms with Crippen LogP contribution in [0.15, 0.2) is 0 Å². The molecule has 0 aromatic carbocycles. The minimum atomic E-state index is -0.0865. The van der Waals surface area contributed by atoms with Gasteiger partial charge in [0.2, 0.25) is 0 Å². The fourth-order valence-electron chi connectivity index (χ4n) is 2.97. The predicted octanol–water partition coefficient (Wildman–Crippen LogP) is 2.07. The van der Waals surface area contributed by atoms with E-state index in [1.807, 2.05) is 0 Å². The van der Waals surface area contributed by atoms with Crippen molar-refractivity contribution in [2.75, 3.05) is 0 Å². The highest BCUT2D eigenvalue weighted by Gasteiger charge is 2.29. The quantitative estimate of drug-likeness (QED) is 0.710. The summed E-state index contributed by atoms with van der Waals surface area (Å²) in [6.45, 7) is 2.33. The topological polar surface area (TPSA) is 32.3 Å². The summed E-state index contributed by atoms with van der Waals surface area (Å²) in [4.78, 5) is 0. The van der Waals surface area contributed by atoms with Crippen molar-refractivity contribution in [3.8, 4) is 0 Å². The van der Waals surface area contributed by atoms with Crippen LogP contribution in [-0.2, 0) is 0 Å². The van der Waals surface area contributed by atoms with Gasteiger partial charge in [0.15, 0.2) is 0 Å². The molecule has 0 unspecified atom stereocenters. The summed E-state index contributed by atoms with van der Waals surface area (Å²) in [5.74, 6) is 0.809. The monoisotopic (exact) mass is 197 g/mol. The van der Waals surface area contributed by atoms with Crippen molar-refractivity contribution in [2.45, 2.75) is 70.1 Å². The molecule has 2 aliphatic carbocycles. The van der Waals surface area contributed by atoms with Crippen molar-refractivity contribution in [1.82, 2.24) is 5.32 Å². The largest absolute Gasteiger partial charge is 0.392 e. The molecule has 0 spiro atoms. The lowest BCUT2D eigenvalue weighted by Gasteiger charge is -2.32. The second-order valence-corrected chi connectivity index (χ2v) is 5.14. The second-order valence-electron chi connectivity index (χ2n) is 5.14. The van der Waals surface area contributed by atoms with Crippen LogP contribution < -0.4 is 5.32 Å². The van der Waals surface area contributed by atoms with E-state index in [2.05, 4.69) is 12.2 Å². The molecule has 2 fully saturated rings. The van der Waals surface area contributed by atoms with Crippen LogP contribution in [0.3, 0.4) is 0 Å². The number of hydrogen-bond donors (Lipinski definition) is 2. The van der Waals surface area contributed by atoms with E-state index < -0.39 is 0 Å². The summed E-state index contributed by atoms with van der Waals surface area (Å²) in [7, 11) is 0. The lowest BCUT2D eigenvalue weighted by atomic mass is 9.91. The average Bonchev–Trinajstić information content (AvgIpc) is 2.56. The molecule has 2 aliphatic rings. The molecule has 4 atom stereocenters. The van der Waals surface area contributed by atoms with Gasteiger partial charge in [0, 0.05) is 12.1 Å². The van der Waals surface area contributed by atoms with Crippen molar-refractivity contribution in [3.05, 3.63) is 0 Å². The minimum Gasteiger partial charge on any atom is -0.392 e. The lowest BCUT2D eigenvalue weighted by molar-refractivity contribution is 0.0823. The Bertz CT molecular complexity index is 183. The third-order valence-electron chi connectivity index (χ3n) is 4.02. The highest BCUT2D eigenvalue weighted by atomic mass is 16.3. The van der Waals surface area contributed by atoms with Gasteiger partial charge in [0.05, 0.1) is 6.10 Å². The van der Waals surface area contributed by atoms with Crippen molar-refractivity contribution >= 4 is 0 Å². The molecule has 0 aliphatic heterocycles. The first-order valence-electron chi connectivity index (χ1n) is 6.21. The van der Waals surface area contributed by atoms with E-state index in [0.717, 1.165) is 12.3 Å². The number of rotatable bonds is 2. The highest BCUT2D eigenvalue weighted by molar-refractivity contribution is 4.88. The van der Waals surface area contributed by atoms with Crippen molar-refractivity contribution in [2.24, 2.45) is 5.92 Å². The van der Waals surface area contributed by atoms with E-state index in [9.17, 15) is 5.11 Å². The fourth-order valence-corrected chi connectivity index (χ4v) is 2.97. The highest BCUT2D eigenvalue weighted by Crippen LogP contribution is 2.27. The normalized spacial score (nSPS) is 44.1. The van der Waals surface area contributed by atoms with Crippen molar-refractivity contribution in [1.29, 1.82) is 0 Å². The standard InChI is InChI=1S/C12H23NO/c1-9-5-4-7-10(9)13-11-6-2-3-8-12(11)14/h9-14H,2-8H2,1H3/t9-,10-,11-,12+/m1/s1. The number of nitrogens with one attached hydrogen (secondary N) is 1. The Morgan fingerprint density at radius 1 is 0.929 bits per heavy atom. The second kappa shape index (κ2) is 4.63. The van der Waals surface area contributed by atoms with Crippen LogP contribution in [0.1, 0.15) is 51.9 Å².